The maximum absolute atomic E-state index is 6.50. The highest BCUT2D eigenvalue weighted by atomic mass is 79.9. The maximum Gasteiger partial charge on any atom is 0.149 e. The molecule has 0 fully saturated rings. The number of halogens is 2. The molecule has 0 radical (unpaired) electrons. The number of benzene rings is 2. The minimum Gasteiger partial charge on any atom is -0.141 e. The number of rotatable bonds is 3. The smallest absolute Gasteiger partial charge is 0.141 e. The van der Waals surface area contributed by atoms with Crippen LogP contribution in [0.3, 0.4) is 0 Å². The first-order valence-corrected chi connectivity index (χ1v) is 8.49. The van der Waals surface area contributed by atoms with Gasteiger partial charge >= 0.3 is 0 Å². The predicted octanol–water partition coefficient (Wildman–Crippen LogP) is 5.60. The van der Waals surface area contributed by atoms with E-state index in [0.717, 1.165) is 25.6 Å². The van der Waals surface area contributed by atoms with Crippen LogP contribution in [0.4, 0.5) is 0 Å². The Morgan fingerprint density at radius 2 is 1.81 bits per heavy atom. The van der Waals surface area contributed by atoms with Gasteiger partial charge in [-0.15, -0.1) is 21.8 Å². The predicted molar refractivity (Wildman–Crippen MR) is 91.9 cm³/mol. The van der Waals surface area contributed by atoms with E-state index < -0.39 is 0 Å². The minimum absolute atomic E-state index is 0.263. The van der Waals surface area contributed by atoms with Gasteiger partial charge in [-0.25, -0.2) is 0 Å². The van der Waals surface area contributed by atoms with Gasteiger partial charge in [-0.1, -0.05) is 59.9 Å². The van der Waals surface area contributed by atoms with Gasteiger partial charge < -0.3 is 0 Å². The van der Waals surface area contributed by atoms with Gasteiger partial charge in [0, 0.05) is 10.0 Å². The molecule has 0 spiro atoms. The van der Waals surface area contributed by atoms with Crippen molar-refractivity contribution in [3.8, 4) is 10.6 Å². The van der Waals surface area contributed by atoms with E-state index >= 15 is 0 Å². The fourth-order valence-electron chi connectivity index (χ4n) is 2.02. The van der Waals surface area contributed by atoms with E-state index in [0.29, 0.717) is 0 Å². The molecule has 21 heavy (non-hydrogen) atoms. The highest BCUT2D eigenvalue weighted by Crippen LogP contribution is 2.37. The van der Waals surface area contributed by atoms with Crippen molar-refractivity contribution in [2.45, 2.75) is 12.3 Å². The normalized spacial score (nSPS) is 12.3. The summed E-state index contributed by atoms with van der Waals surface area (Å²) >= 11 is 11.6. The van der Waals surface area contributed by atoms with E-state index in [1.54, 1.807) is 0 Å². The summed E-state index contributed by atoms with van der Waals surface area (Å²) in [6.45, 7) is 2.06. The van der Waals surface area contributed by atoms with E-state index in [1.807, 2.05) is 42.5 Å². The Morgan fingerprint density at radius 3 is 2.57 bits per heavy atom. The molecule has 0 aliphatic heterocycles. The van der Waals surface area contributed by atoms with Crippen LogP contribution in [0.5, 0.6) is 0 Å². The molecule has 5 heteroatoms. The lowest BCUT2D eigenvalue weighted by atomic mass is 10.1. The third kappa shape index (κ3) is 3.03. The van der Waals surface area contributed by atoms with Crippen molar-refractivity contribution >= 4 is 38.9 Å². The molecule has 0 saturated carbocycles. The van der Waals surface area contributed by atoms with Crippen LogP contribution in [0.1, 0.15) is 21.5 Å². The fourth-order valence-corrected chi connectivity index (χ4v) is 3.81. The molecule has 0 bridgehead atoms. The second-order valence-corrected chi connectivity index (χ2v) is 6.89. The second-order valence-electron chi connectivity index (χ2n) is 4.66. The number of hydrogen-bond donors (Lipinski definition) is 0. The fraction of sp³-hybridized carbons (Fsp3) is 0.125. The third-order valence-corrected chi connectivity index (χ3v) is 5.83. The summed E-state index contributed by atoms with van der Waals surface area (Å²) in [6.07, 6.45) is 0. The van der Waals surface area contributed by atoms with Gasteiger partial charge in [-0.05, 0) is 34.0 Å². The second kappa shape index (κ2) is 6.26. The van der Waals surface area contributed by atoms with E-state index in [2.05, 4.69) is 39.1 Å². The summed E-state index contributed by atoms with van der Waals surface area (Å²) in [6, 6.07) is 16.0. The SMILES string of the molecule is Cc1cccc(-c2nnc(C(Cl)c3ccccc3)s2)c1Br. The molecular formula is C16H12BrClN2S. The van der Waals surface area contributed by atoms with E-state index in [-0.39, 0.29) is 5.38 Å². The van der Waals surface area contributed by atoms with E-state index in [1.165, 1.54) is 16.9 Å². The number of aromatic nitrogens is 2. The average molecular weight is 380 g/mol. The van der Waals surface area contributed by atoms with Crippen LogP contribution >= 0.6 is 38.9 Å². The monoisotopic (exact) mass is 378 g/mol. The molecule has 0 amide bonds. The van der Waals surface area contributed by atoms with Crippen LogP contribution in [0.2, 0.25) is 0 Å². The number of alkyl halides is 1. The van der Waals surface area contributed by atoms with Crippen LogP contribution in [-0.4, -0.2) is 10.2 Å². The van der Waals surface area contributed by atoms with Gasteiger partial charge in [0.1, 0.15) is 15.4 Å². The summed E-state index contributed by atoms with van der Waals surface area (Å²) in [5, 5.41) is 9.97. The molecule has 0 aliphatic carbocycles. The molecule has 2 aromatic carbocycles. The zero-order valence-electron chi connectivity index (χ0n) is 11.3. The molecule has 0 aliphatic rings. The molecule has 1 heterocycles. The molecule has 106 valence electrons. The van der Waals surface area contributed by atoms with Crippen molar-refractivity contribution < 1.29 is 0 Å². The van der Waals surface area contributed by atoms with Crippen LogP contribution in [-0.2, 0) is 0 Å². The Labute approximate surface area is 140 Å². The quantitative estimate of drug-likeness (QED) is 0.553. The topological polar surface area (TPSA) is 25.8 Å². The van der Waals surface area contributed by atoms with Gasteiger partial charge in [0.15, 0.2) is 0 Å². The molecule has 0 N–H and O–H groups in total. The summed E-state index contributed by atoms with van der Waals surface area (Å²) in [4.78, 5) is 0. The average Bonchev–Trinajstić information content (AvgIpc) is 3.00. The number of hydrogen-bond acceptors (Lipinski definition) is 3. The van der Waals surface area contributed by atoms with Crippen molar-refractivity contribution in [2.24, 2.45) is 0 Å². The Bertz CT molecular complexity index is 758. The lowest BCUT2D eigenvalue weighted by Gasteiger charge is -2.05. The molecule has 3 aromatic rings. The Kier molecular flexibility index (Phi) is 4.38. The first kappa shape index (κ1) is 14.7. The van der Waals surface area contributed by atoms with Crippen molar-refractivity contribution in [3.05, 3.63) is 69.1 Å². The Balaban J connectivity index is 1.95. The molecular weight excluding hydrogens is 368 g/mol. The van der Waals surface area contributed by atoms with Crippen LogP contribution < -0.4 is 0 Å². The standard InChI is InChI=1S/C16H12BrClN2S/c1-10-6-5-9-12(13(10)17)15-19-20-16(21-15)14(18)11-7-3-2-4-8-11/h2-9,14H,1H3. The number of nitrogens with zero attached hydrogens (tertiary/aromatic N) is 2. The highest BCUT2D eigenvalue weighted by Gasteiger charge is 2.18. The summed E-state index contributed by atoms with van der Waals surface area (Å²) in [7, 11) is 0. The van der Waals surface area contributed by atoms with Crippen molar-refractivity contribution in [1.82, 2.24) is 10.2 Å². The lowest BCUT2D eigenvalue weighted by molar-refractivity contribution is 0.987. The van der Waals surface area contributed by atoms with Gasteiger partial charge in [-0.3, -0.25) is 0 Å². The van der Waals surface area contributed by atoms with Crippen LogP contribution in [0.15, 0.2) is 53.0 Å². The summed E-state index contributed by atoms with van der Waals surface area (Å²) in [5.74, 6) is 0. The zero-order chi connectivity index (χ0) is 14.8. The molecule has 2 nitrogen and oxygen atoms in total. The van der Waals surface area contributed by atoms with Crippen molar-refractivity contribution in [1.29, 1.82) is 0 Å². The van der Waals surface area contributed by atoms with Gasteiger partial charge in [0.25, 0.3) is 0 Å². The van der Waals surface area contributed by atoms with Crippen molar-refractivity contribution in [3.63, 3.8) is 0 Å². The van der Waals surface area contributed by atoms with Crippen LogP contribution in [0, 0.1) is 6.92 Å². The van der Waals surface area contributed by atoms with Gasteiger partial charge in [-0.2, -0.15) is 0 Å². The van der Waals surface area contributed by atoms with Gasteiger partial charge in [0.05, 0.1) is 0 Å². The number of aryl methyl sites for hydroxylation is 1. The van der Waals surface area contributed by atoms with Gasteiger partial charge in [0.2, 0.25) is 0 Å². The zero-order valence-corrected chi connectivity index (χ0v) is 14.4. The first-order valence-electron chi connectivity index (χ1n) is 6.44. The minimum atomic E-state index is -0.263. The summed E-state index contributed by atoms with van der Waals surface area (Å²) < 4.78 is 1.05. The summed E-state index contributed by atoms with van der Waals surface area (Å²) in [5.41, 5.74) is 3.26. The maximum atomic E-state index is 6.50. The van der Waals surface area contributed by atoms with Crippen molar-refractivity contribution in [2.75, 3.05) is 0 Å². The Morgan fingerprint density at radius 1 is 1.05 bits per heavy atom. The van der Waals surface area contributed by atoms with E-state index in [4.69, 9.17) is 11.6 Å². The third-order valence-electron chi connectivity index (χ3n) is 3.17. The first-order chi connectivity index (χ1) is 10.2. The largest absolute Gasteiger partial charge is 0.149 e. The molecule has 0 saturated heterocycles. The van der Waals surface area contributed by atoms with E-state index in [9.17, 15) is 0 Å². The molecule has 1 unspecified atom stereocenters. The molecule has 3 rings (SSSR count). The lowest BCUT2D eigenvalue weighted by Crippen LogP contribution is -1.91. The molecule has 1 aromatic heterocycles. The molecule has 1 atom stereocenters. The van der Waals surface area contributed by atoms with Crippen LogP contribution in [0.25, 0.3) is 10.6 Å². The highest BCUT2D eigenvalue weighted by molar-refractivity contribution is 9.10. The Hall–Kier alpha value is -1.23.